The number of thiazole rings is 1. The normalized spacial score (nSPS) is 16.1. The van der Waals surface area contributed by atoms with Crippen molar-refractivity contribution in [1.82, 2.24) is 9.88 Å². The number of aromatic nitrogens is 1. The number of fused-ring (bicyclic) bond motifs is 1. The number of piperidine rings is 1. The van der Waals surface area contributed by atoms with Gasteiger partial charge in [-0.05, 0) is 74.2 Å². The first-order chi connectivity index (χ1) is 20.2. The molecule has 43 heavy (non-hydrogen) atoms. The Balaban J connectivity index is 1.47. The van der Waals surface area contributed by atoms with Crippen LogP contribution in [0.25, 0.3) is 5.57 Å². The molecule has 0 aliphatic carbocycles. The van der Waals surface area contributed by atoms with E-state index in [9.17, 15) is 23.1 Å². The number of halogens is 4. The first-order valence-corrected chi connectivity index (χ1v) is 14.9. The van der Waals surface area contributed by atoms with Crippen molar-refractivity contribution in [3.8, 4) is 5.88 Å². The number of hydrogen-bond acceptors (Lipinski definition) is 8. The summed E-state index contributed by atoms with van der Waals surface area (Å²) in [6.07, 6.45) is -2.20. The topological polar surface area (TPSA) is 90.6 Å². The maximum Gasteiger partial charge on any atom is 0.416 e. The van der Waals surface area contributed by atoms with E-state index in [2.05, 4.69) is 15.2 Å². The van der Waals surface area contributed by atoms with E-state index in [1.165, 1.54) is 23.5 Å². The minimum Gasteiger partial charge on any atom is -0.492 e. The van der Waals surface area contributed by atoms with Crippen molar-refractivity contribution in [1.29, 1.82) is 0 Å². The number of nitrogens with zero attached hydrogens (tertiary/aromatic N) is 5. The molecule has 0 saturated carbocycles. The maximum atomic E-state index is 14.0. The first-order valence-electron chi connectivity index (χ1n) is 13.7. The van der Waals surface area contributed by atoms with Gasteiger partial charge in [0.25, 0.3) is 0 Å². The molecule has 1 aromatic heterocycles. The molecule has 8 nitrogen and oxygen atoms in total. The van der Waals surface area contributed by atoms with Gasteiger partial charge in [0.1, 0.15) is 5.60 Å². The largest absolute Gasteiger partial charge is 0.492 e. The van der Waals surface area contributed by atoms with E-state index in [4.69, 9.17) is 16.3 Å². The number of benzene rings is 2. The Labute approximate surface area is 255 Å². The molecule has 13 heteroatoms. The molecule has 0 radical (unpaired) electrons. The predicted octanol–water partition coefficient (Wildman–Crippen LogP) is 5.77. The zero-order valence-electron chi connectivity index (χ0n) is 24.1. The molecule has 0 spiro atoms. The Morgan fingerprint density at radius 1 is 1.16 bits per heavy atom. The van der Waals surface area contributed by atoms with Crippen LogP contribution in [0.3, 0.4) is 0 Å². The van der Waals surface area contributed by atoms with Gasteiger partial charge < -0.3 is 19.6 Å². The number of alkyl halides is 3. The van der Waals surface area contributed by atoms with Gasteiger partial charge in [0.2, 0.25) is 5.88 Å². The fourth-order valence-corrected chi connectivity index (χ4v) is 6.36. The Morgan fingerprint density at radius 3 is 2.56 bits per heavy atom. The summed E-state index contributed by atoms with van der Waals surface area (Å²) in [4.78, 5) is 20.9. The van der Waals surface area contributed by atoms with Gasteiger partial charge in [-0.1, -0.05) is 35.1 Å². The predicted molar refractivity (Wildman–Crippen MR) is 160 cm³/mol. The Bertz CT molecular complexity index is 1690. The highest BCUT2D eigenvalue weighted by Gasteiger charge is 2.35. The van der Waals surface area contributed by atoms with Gasteiger partial charge in [-0.15, -0.1) is 0 Å². The summed E-state index contributed by atoms with van der Waals surface area (Å²) in [5.41, 5.74) is -0.206. The van der Waals surface area contributed by atoms with Crippen molar-refractivity contribution in [3.63, 3.8) is 0 Å². The fourth-order valence-electron chi connectivity index (χ4n) is 5.13. The lowest BCUT2D eigenvalue weighted by Crippen LogP contribution is -2.47. The quantitative estimate of drug-likeness (QED) is 0.386. The lowest BCUT2D eigenvalue weighted by molar-refractivity contribution is -0.138. The Hall–Kier alpha value is -3.64. The minimum atomic E-state index is -4.62. The molecule has 3 aromatic rings. The van der Waals surface area contributed by atoms with Crippen LogP contribution in [-0.4, -0.2) is 59.1 Å². The van der Waals surface area contributed by atoms with Crippen molar-refractivity contribution < 1.29 is 27.8 Å². The first kappa shape index (κ1) is 30.8. The molecule has 2 aliphatic rings. The highest BCUT2D eigenvalue weighted by Crippen LogP contribution is 2.40. The van der Waals surface area contributed by atoms with Crippen LogP contribution in [0, 0.1) is 0 Å². The number of amides is 1. The van der Waals surface area contributed by atoms with Crippen LogP contribution in [0.15, 0.2) is 46.6 Å². The van der Waals surface area contributed by atoms with Gasteiger partial charge in [-0.2, -0.15) is 28.4 Å². The van der Waals surface area contributed by atoms with Gasteiger partial charge in [0, 0.05) is 43.2 Å². The lowest BCUT2D eigenvalue weighted by Gasteiger charge is -2.37. The third-order valence-electron chi connectivity index (χ3n) is 7.32. The third-order valence-corrected chi connectivity index (χ3v) is 8.75. The molecule has 5 rings (SSSR count). The number of carbonyl (C=O) groups is 1. The average molecular weight is 634 g/mol. The SMILES string of the molecule is CN(c1nc(O)c(C(Cc2ccc(Cl)cc2C(F)(F)F)=c2ccc3c(c2)C=NN=3)s1)C1CCN(C(=O)OC(C)(C)C)CC1. The summed E-state index contributed by atoms with van der Waals surface area (Å²) in [6, 6.07) is 9.03. The summed E-state index contributed by atoms with van der Waals surface area (Å²) in [7, 11) is 1.86. The smallest absolute Gasteiger partial charge is 0.416 e. The molecule has 0 bridgehead atoms. The standard InChI is InChI=1S/C30H31ClF3N5O3S/c1-29(2,3)42-28(41)39-11-9-21(10-12-39)38(4)27-36-26(40)25(43-27)22(17-6-8-24-19(13-17)16-35-37-24)14-18-5-7-20(31)15-23(18)30(32,33)34/h5-8,13,15-16,21,40H,9-12,14H2,1-4H3. The zero-order chi connectivity index (χ0) is 31.1. The van der Waals surface area contributed by atoms with Crippen LogP contribution in [0.1, 0.15) is 55.2 Å². The van der Waals surface area contributed by atoms with Gasteiger partial charge in [0.15, 0.2) is 5.13 Å². The van der Waals surface area contributed by atoms with Crippen LogP contribution < -0.4 is 15.5 Å². The molecule has 1 fully saturated rings. The number of anilines is 1. The van der Waals surface area contributed by atoms with Gasteiger partial charge >= 0.3 is 12.3 Å². The van der Waals surface area contributed by atoms with E-state index in [1.807, 2.05) is 32.7 Å². The van der Waals surface area contributed by atoms with Crippen molar-refractivity contribution >= 4 is 46.0 Å². The molecular formula is C30H31ClF3N5O3S. The molecule has 228 valence electrons. The molecule has 3 heterocycles. The van der Waals surface area contributed by atoms with E-state index in [-0.39, 0.29) is 35.0 Å². The molecule has 2 aromatic carbocycles. The summed E-state index contributed by atoms with van der Waals surface area (Å²) in [6.45, 7) is 6.48. The van der Waals surface area contributed by atoms with Crippen LogP contribution in [-0.2, 0) is 17.3 Å². The lowest BCUT2D eigenvalue weighted by atomic mass is 9.96. The third kappa shape index (κ3) is 6.96. The van der Waals surface area contributed by atoms with Crippen molar-refractivity contribution in [2.45, 2.75) is 57.9 Å². The Morgan fingerprint density at radius 2 is 1.88 bits per heavy atom. The number of ether oxygens (including phenoxy) is 1. The molecule has 1 saturated heterocycles. The number of likely N-dealkylation sites (tertiary alicyclic amines) is 1. The number of rotatable bonds is 5. The van der Waals surface area contributed by atoms with Gasteiger partial charge in [-0.3, -0.25) is 0 Å². The minimum absolute atomic E-state index is 0.0166. The van der Waals surface area contributed by atoms with Crippen LogP contribution >= 0.6 is 22.9 Å². The Kier molecular flexibility index (Phi) is 8.45. The second-order valence-electron chi connectivity index (χ2n) is 11.5. The van der Waals surface area contributed by atoms with Crippen LogP contribution in [0.4, 0.5) is 23.1 Å². The number of hydrogen-bond donors (Lipinski definition) is 1. The summed E-state index contributed by atoms with van der Waals surface area (Å²) >= 11 is 7.14. The molecular weight excluding hydrogens is 603 g/mol. The van der Waals surface area contributed by atoms with Crippen LogP contribution in [0.5, 0.6) is 5.88 Å². The molecule has 1 N–H and O–H groups in total. The van der Waals surface area contributed by atoms with E-state index in [0.29, 0.717) is 52.1 Å². The zero-order valence-corrected chi connectivity index (χ0v) is 25.6. The van der Waals surface area contributed by atoms with Crippen molar-refractivity contribution in [3.05, 3.63) is 73.6 Å². The van der Waals surface area contributed by atoms with Crippen molar-refractivity contribution in [2.75, 3.05) is 25.0 Å². The van der Waals surface area contributed by atoms with Gasteiger partial charge in [-0.25, -0.2) is 4.79 Å². The monoisotopic (exact) mass is 633 g/mol. The fraction of sp³-hybridized carbons (Fsp3) is 0.400. The summed E-state index contributed by atoms with van der Waals surface area (Å²) in [5.74, 6) is -0.269. The second kappa shape index (κ2) is 11.8. The van der Waals surface area contributed by atoms with E-state index < -0.39 is 17.3 Å². The highest BCUT2D eigenvalue weighted by atomic mass is 35.5. The molecule has 0 unspecified atom stereocenters. The molecule has 2 aliphatic heterocycles. The molecule has 0 atom stereocenters. The second-order valence-corrected chi connectivity index (χ2v) is 12.9. The van der Waals surface area contributed by atoms with E-state index in [1.54, 1.807) is 29.3 Å². The molecule has 1 amide bonds. The maximum absolute atomic E-state index is 14.0. The van der Waals surface area contributed by atoms with Crippen molar-refractivity contribution in [2.24, 2.45) is 10.2 Å². The van der Waals surface area contributed by atoms with E-state index in [0.717, 1.165) is 11.6 Å². The number of carbonyl (C=O) groups excluding carboxylic acids is 1. The summed E-state index contributed by atoms with van der Waals surface area (Å²) in [5, 5.41) is 20.8. The average Bonchev–Trinajstić information content (AvgIpc) is 3.56. The summed E-state index contributed by atoms with van der Waals surface area (Å²) < 4.78 is 47.6. The van der Waals surface area contributed by atoms with E-state index >= 15 is 0 Å². The van der Waals surface area contributed by atoms with Gasteiger partial charge in [0.05, 0.1) is 22.0 Å². The number of aromatic hydroxyl groups is 1. The highest BCUT2D eigenvalue weighted by molar-refractivity contribution is 7.17. The van der Waals surface area contributed by atoms with Crippen LogP contribution in [0.2, 0.25) is 5.02 Å².